The first-order valence-electron chi connectivity index (χ1n) is 7.25. The first-order valence-corrected chi connectivity index (χ1v) is 7.25. The predicted octanol–water partition coefficient (Wildman–Crippen LogP) is 3.96. The van der Waals surface area contributed by atoms with Gasteiger partial charge in [-0.25, -0.2) is 13.6 Å². The molecule has 0 N–H and O–H groups in total. The molecule has 3 rings (SSSR count). The lowest BCUT2D eigenvalue weighted by Crippen LogP contribution is -2.14. The van der Waals surface area contributed by atoms with Gasteiger partial charge in [-0.3, -0.25) is 0 Å². The highest BCUT2D eigenvalue weighted by Crippen LogP contribution is 2.22. The Balaban J connectivity index is 2.03. The van der Waals surface area contributed by atoms with Crippen LogP contribution < -0.4 is 0 Å². The molecule has 23 heavy (non-hydrogen) atoms. The standard InChI is InChI=1S/C18H15F2NO2/c19-8-9-23-18(22)17-11-14-5-1-2-7-16(14)21(17)12-13-4-3-6-15(20)10-13/h1-7,10-11H,8-9,12H2. The first-order chi connectivity index (χ1) is 11.2. The molecule has 0 amide bonds. The SMILES string of the molecule is O=C(OCCF)c1cc2ccccc2n1Cc1cccc(F)c1. The number of halogens is 2. The molecule has 0 radical (unpaired) electrons. The molecule has 0 aliphatic heterocycles. The molecule has 1 aromatic heterocycles. The maximum absolute atomic E-state index is 13.4. The number of nitrogens with zero attached hydrogens (tertiary/aromatic N) is 1. The van der Waals surface area contributed by atoms with Crippen LogP contribution in [0.15, 0.2) is 54.6 Å². The van der Waals surface area contributed by atoms with Crippen LogP contribution in [-0.4, -0.2) is 23.8 Å². The second-order valence-corrected chi connectivity index (χ2v) is 5.13. The van der Waals surface area contributed by atoms with Gasteiger partial charge in [-0.15, -0.1) is 0 Å². The summed E-state index contributed by atoms with van der Waals surface area (Å²) in [4.78, 5) is 12.2. The van der Waals surface area contributed by atoms with Gasteiger partial charge >= 0.3 is 5.97 Å². The van der Waals surface area contributed by atoms with Crippen LogP contribution in [-0.2, 0) is 11.3 Å². The molecule has 0 spiro atoms. The average molecular weight is 315 g/mol. The topological polar surface area (TPSA) is 31.2 Å². The summed E-state index contributed by atoms with van der Waals surface area (Å²) in [7, 11) is 0. The molecular formula is C18H15F2NO2. The van der Waals surface area contributed by atoms with E-state index in [0.29, 0.717) is 12.2 Å². The van der Waals surface area contributed by atoms with Crippen molar-refractivity contribution in [3.8, 4) is 0 Å². The van der Waals surface area contributed by atoms with Gasteiger partial charge in [0.1, 0.15) is 24.8 Å². The first kappa shape index (κ1) is 15.2. The third kappa shape index (κ3) is 3.23. The molecule has 0 unspecified atom stereocenters. The highest BCUT2D eigenvalue weighted by molar-refractivity contribution is 5.95. The highest BCUT2D eigenvalue weighted by Gasteiger charge is 2.17. The molecule has 0 saturated heterocycles. The number of ether oxygens (including phenoxy) is 1. The van der Waals surface area contributed by atoms with Crippen LogP contribution in [0.1, 0.15) is 16.1 Å². The molecule has 0 aliphatic rings. The number of alkyl halides is 1. The van der Waals surface area contributed by atoms with Crippen LogP contribution in [0.5, 0.6) is 0 Å². The Morgan fingerprint density at radius 1 is 1.09 bits per heavy atom. The molecule has 0 bridgehead atoms. The van der Waals surface area contributed by atoms with Crippen LogP contribution >= 0.6 is 0 Å². The number of hydrogen-bond acceptors (Lipinski definition) is 2. The van der Waals surface area contributed by atoms with E-state index in [2.05, 4.69) is 0 Å². The van der Waals surface area contributed by atoms with Crippen molar-refractivity contribution in [2.45, 2.75) is 6.54 Å². The van der Waals surface area contributed by atoms with Crippen molar-refractivity contribution in [3.05, 3.63) is 71.7 Å². The number of hydrogen-bond donors (Lipinski definition) is 0. The zero-order chi connectivity index (χ0) is 16.2. The van der Waals surface area contributed by atoms with Gasteiger partial charge in [-0.2, -0.15) is 0 Å². The summed E-state index contributed by atoms with van der Waals surface area (Å²) in [5.74, 6) is -0.921. The van der Waals surface area contributed by atoms with Crippen LogP contribution in [0.25, 0.3) is 10.9 Å². The van der Waals surface area contributed by atoms with Crippen molar-refractivity contribution >= 4 is 16.9 Å². The fourth-order valence-electron chi connectivity index (χ4n) is 2.57. The summed E-state index contributed by atoms with van der Waals surface area (Å²) >= 11 is 0. The number of aromatic nitrogens is 1. The van der Waals surface area contributed by atoms with E-state index in [9.17, 15) is 13.6 Å². The molecule has 1 heterocycles. The molecular weight excluding hydrogens is 300 g/mol. The summed E-state index contributed by atoms with van der Waals surface area (Å²) in [6.07, 6.45) is 0. The molecule has 3 aromatic rings. The Hall–Kier alpha value is -2.69. The average Bonchev–Trinajstić information content (AvgIpc) is 2.91. The van der Waals surface area contributed by atoms with Gasteiger partial charge in [0.25, 0.3) is 0 Å². The molecule has 118 valence electrons. The molecule has 0 saturated carbocycles. The lowest BCUT2D eigenvalue weighted by atomic mass is 10.2. The van der Waals surface area contributed by atoms with Gasteiger partial charge in [0.15, 0.2) is 0 Å². The maximum atomic E-state index is 13.4. The Kier molecular flexibility index (Phi) is 4.37. The molecule has 5 heteroatoms. The molecule has 3 nitrogen and oxygen atoms in total. The number of esters is 1. The molecule has 2 aromatic carbocycles. The molecule has 0 atom stereocenters. The van der Waals surface area contributed by atoms with Gasteiger partial charge in [0.2, 0.25) is 0 Å². The fraction of sp³-hybridized carbons (Fsp3) is 0.167. The second kappa shape index (κ2) is 6.60. The number of rotatable bonds is 5. The smallest absolute Gasteiger partial charge is 0.355 e. The monoisotopic (exact) mass is 315 g/mol. The number of carbonyl (C=O) groups is 1. The van der Waals surface area contributed by atoms with Crippen LogP contribution in [0.4, 0.5) is 8.78 Å². The quantitative estimate of drug-likeness (QED) is 0.668. The van der Waals surface area contributed by atoms with E-state index in [4.69, 9.17) is 4.74 Å². The van der Waals surface area contributed by atoms with Crippen LogP contribution in [0.2, 0.25) is 0 Å². The summed E-state index contributed by atoms with van der Waals surface area (Å²) < 4.78 is 32.3. The second-order valence-electron chi connectivity index (χ2n) is 5.13. The van der Waals surface area contributed by atoms with Crippen molar-refractivity contribution in [1.82, 2.24) is 4.57 Å². The van der Waals surface area contributed by atoms with E-state index < -0.39 is 12.6 Å². The highest BCUT2D eigenvalue weighted by atomic mass is 19.1. The number of benzene rings is 2. The lowest BCUT2D eigenvalue weighted by molar-refractivity contribution is 0.0470. The van der Waals surface area contributed by atoms with Gasteiger partial charge in [-0.1, -0.05) is 30.3 Å². The number of para-hydroxylation sites is 1. The van der Waals surface area contributed by atoms with Gasteiger partial charge in [0.05, 0.1) is 0 Å². The van der Waals surface area contributed by atoms with Crippen molar-refractivity contribution in [1.29, 1.82) is 0 Å². The number of carbonyl (C=O) groups excluding carboxylic acids is 1. The Labute approximate surface area is 132 Å². The van der Waals surface area contributed by atoms with Gasteiger partial charge < -0.3 is 9.30 Å². The summed E-state index contributed by atoms with van der Waals surface area (Å²) in [5, 5.41) is 0.871. The minimum absolute atomic E-state index is 0.277. The minimum atomic E-state index is -0.726. The maximum Gasteiger partial charge on any atom is 0.355 e. The Morgan fingerprint density at radius 2 is 1.91 bits per heavy atom. The van der Waals surface area contributed by atoms with E-state index >= 15 is 0 Å². The zero-order valence-corrected chi connectivity index (χ0v) is 12.3. The van der Waals surface area contributed by atoms with Crippen molar-refractivity contribution in [3.63, 3.8) is 0 Å². The molecule has 0 aliphatic carbocycles. The third-order valence-corrected chi connectivity index (χ3v) is 3.56. The Morgan fingerprint density at radius 3 is 2.70 bits per heavy atom. The lowest BCUT2D eigenvalue weighted by Gasteiger charge is -2.10. The van der Waals surface area contributed by atoms with E-state index in [-0.39, 0.29) is 12.4 Å². The summed E-state index contributed by atoms with van der Waals surface area (Å²) in [6.45, 7) is -0.679. The Bertz CT molecular complexity index is 842. The van der Waals surface area contributed by atoms with Crippen molar-refractivity contribution in [2.24, 2.45) is 0 Å². The fourth-order valence-corrected chi connectivity index (χ4v) is 2.57. The van der Waals surface area contributed by atoms with Crippen molar-refractivity contribution in [2.75, 3.05) is 13.3 Å². The number of fused-ring (bicyclic) bond motifs is 1. The predicted molar refractivity (Wildman–Crippen MR) is 83.7 cm³/mol. The van der Waals surface area contributed by atoms with E-state index in [1.807, 2.05) is 24.3 Å². The van der Waals surface area contributed by atoms with Crippen molar-refractivity contribution < 1.29 is 18.3 Å². The van der Waals surface area contributed by atoms with Gasteiger partial charge in [0, 0.05) is 17.4 Å². The largest absolute Gasteiger partial charge is 0.458 e. The van der Waals surface area contributed by atoms with E-state index in [1.54, 1.807) is 22.8 Å². The summed E-state index contributed by atoms with van der Waals surface area (Å²) in [5.41, 5.74) is 1.89. The van der Waals surface area contributed by atoms with Crippen LogP contribution in [0, 0.1) is 5.82 Å². The van der Waals surface area contributed by atoms with Gasteiger partial charge in [-0.05, 0) is 29.8 Å². The van der Waals surface area contributed by atoms with E-state index in [0.717, 1.165) is 16.5 Å². The zero-order valence-electron chi connectivity index (χ0n) is 12.3. The normalized spacial score (nSPS) is 10.9. The molecule has 0 fully saturated rings. The third-order valence-electron chi connectivity index (χ3n) is 3.56. The minimum Gasteiger partial charge on any atom is -0.458 e. The van der Waals surface area contributed by atoms with Crippen LogP contribution in [0.3, 0.4) is 0 Å². The van der Waals surface area contributed by atoms with E-state index in [1.165, 1.54) is 12.1 Å². The summed E-state index contributed by atoms with van der Waals surface area (Å²) in [6, 6.07) is 15.4.